The molecule has 0 radical (unpaired) electrons. The summed E-state index contributed by atoms with van der Waals surface area (Å²) < 4.78 is 0. The van der Waals surface area contributed by atoms with E-state index in [1.807, 2.05) is 0 Å². The van der Waals surface area contributed by atoms with Crippen LogP contribution in [0.1, 0.15) is 19.3 Å². The van der Waals surface area contributed by atoms with Crippen LogP contribution >= 0.6 is 0 Å². The Morgan fingerprint density at radius 1 is 1.55 bits per heavy atom. The minimum Gasteiger partial charge on any atom is -0.329 e. The van der Waals surface area contributed by atoms with Crippen molar-refractivity contribution in [1.82, 2.24) is 4.90 Å². The molecule has 3 unspecified atom stereocenters. The maximum atomic E-state index is 5.85. The van der Waals surface area contributed by atoms with Crippen molar-refractivity contribution < 1.29 is 0 Å². The summed E-state index contributed by atoms with van der Waals surface area (Å²) in [5.74, 6) is 1.96. The number of hydrogen-bond donors (Lipinski definition) is 1. The Kier molecular flexibility index (Phi) is 1.52. The van der Waals surface area contributed by atoms with E-state index in [1.165, 1.54) is 19.3 Å². The summed E-state index contributed by atoms with van der Waals surface area (Å²) in [4.78, 5) is 2.35. The third kappa shape index (κ3) is 0.859. The van der Waals surface area contributed by atoms with Gasteiger partial charge in [-0.15, -0.1) is 0 Å². The summed E-state index contributed by atoms with van der Waals surface area (Å²) >= 11 is 0. The zero-order valence-corrected chi connectivity index (χ0v) is 7.51. The first-order valence-corrected chi connectivity index (χ1v) is 4.58. The Bertz CT molecular complexity index is 167. The van der Waals surface area contributed by atoms with E-state index in [1.54, 1.807) is 0 Å². The van der Waals surface area contributed by atoms with E-state index in [-0.39, 0.29) is 0 Å². The molecule has 2 fully saturated rings. The molecule has 0 aliphatic heterocycles. The third-order valence-corrected chi connectivity index (χ3v) is 3.80. The summed E-state index contributed by atoms with van der Waals surface area (Å²) in [7, 11) is 4.35. The lowest BCUT2D eigenvalue weighted by atomic mass is 9.92. The van der Waals surface area contributed by atoms with Crippen LogP contribution in [-0.4, -0.2) is 31.1 Å². The molecule has 2 rings (SSSR count). The van der Waals surface area contributed by atoms with Crippen molar-refractivity contribution in [3.63, 3.8) is 0 Å². The largest absolute Gasteiger partial charge is 0.329 e. The average Bonchev–Trinajstić information content (AvgIpc) is 2.66. The van der Waals surface area contributed by atoms with Crippen LogP contribution in [0.25, 0.3) is 0 Å². The summed E-state index contributed by atoms with van der Waals surface area (Å²) in [6.45, 7) is 0.848. The Hall–Kier alpha value is -0.0800. The molecule has 2 nitrogen and oxygen atoms in total. The molecule has 0 spiro atoms. The zero-order valence-electron chi connectivity index (χ0n) is 7.51. The highest BCUT2D eigenvalue weighted by molar-refractivity contribution is 5.12. The second-order valence-corrected chi connectivity index (χ2v) is 4.34. The van der Waals surface area contributed by atoms with Crippen molar-refractivity contribution in [2.45, 2.75) is 24.8 Å². The van der Waals surface area contributed by atoms with Gasteiger partial charge in [-0.2, -0.15) is 0 Å². The van der Waals surface area contributed by atoms with Gasteiger partial charge in [0.25, 0.3) is 0 Å². The predicted molar refractivity (Wildman–Crippen MR) is 46.3 cm³/mol. The molecule has 0 aromatic rings. The van der Waals surface area contributed by atoms with Crippen LogP contribution in [0, 0.1) is 11.8 Å². The first-order chi connectivity index (χ1) is 5.20. The lowest BCUT2D eigenvalue weighted by Gasteiger charge is -2.37. The maximum Gasteiger partial charge on any atom is 0.0356 e. The molecule has 3 atom stereocenters. The Morgan fingerprint density at radius 2 is 2.27 bits per heavy atom. The minimum atomic E-state index is 0.380. The molecule has 0 aromatic heterocycles. The molecule has 2 N–H and O–H groups in total. The van der Waals surface area contributed by atoms with Gasteiger partial charge in [0.2, 0.25) is 0 Å². The van der Waals surface area contributed by atoms with Crippen LogP contribution in [0.5, 0.6) is 0 Å². The van der Waals surface area contributed by atoms with E-state index >= 15 is 0 Å². The molecular formula is C9H18N2. The topological polar surface area (TPSA) is 29.3 Å². The number of nitrogens with zero attached hydrogens (tertiary/aromatic N) is 1. The van der Waals surface area contributed by atoms with Gasteiger partial charge < -0.3 is 10.6 Å². The average molecular weight is 154 g/mol. The van der Waals surface area contributed by atoms with E-state index in [0.717, 1.165) is 18.4 Å². The van der Waals surface area contributed by atoms with E-state index in [2.05, 4.69) is 19.0 Å². The Morgan fingerprint density at radius 3 is 2.45 bits per heavy atom. The van der Waals surface area contributed by atoms with Gasteiger partial charge in [0, 0.05) is 12.1 Å². The van der Waals surface area contributed by atoms with Crippen LogP contribution < -0.4 is 5.73 Å². The third-order valence-electron chi connectivity index (χ3n) is 3.80. The van der Waals surface area contributed by atoms with Crippen LogP contribution in [0.15, 0.2) is 0 Å². The summed E-state index contributed by atoms with van der Waals surface area (Å²) in [6.07, 6.45) is 4.18. The molecule has 11 heavy (non-hydrogen) atoms. The van der Waals surface area contributed by atoms with E-state index in [0.29, 0.717) is 5.54 Å². The highest BCUT2D eigenvalue weighted by Gasteiger charge is 2.57. The Labute approximate surface area is 68.7 Å². The van der Waals surface area contributed by atoms with Crippen molar-refractivity contribution in [3.05, 3.63) is 0 Å². The molecule has 0 aromatic carbocycles. The smallest absolute Gasteiger partial charge is 0.0356 e. The quantitative estimate of drug-likeness (QED) is 0.633. The van der Waals surface area contributed by atoms with E-state index < -0.39 is 0 Å². The number of fused-ring (bicyclic) bond motifs is 1. The lowest BCUT2D eigenvalue weighted by Crippen LogP contribution is -2.50. The molecule has 2 aliphatic rings. The first-order valence-electron chi connectivity index (χ1n) is 4.58. The molecule has 2 aliphatic carbocycles. The fourth-order valence-electron chi connectivity index (χ4n) is 2.84. The van der Waals surface area contributed by atoms with Crippen molar-refractivity contribution in [1.29, 1.82) is 0 Å². The van der Waals surface area contributed by atoms with E-state index in [9.17, 15) is 0 Å². The van der Waals surface area contributed by atoms with Gasteiger partial charge in [0.15, 0.2) is 0 Å². The molecule has 0 saturated heterocycles. The molecule has 0 bridgehead atoms. The minimum absolute atomic E-state index is 0.380. The number of hydrogen-bond acceptors (Lipinski definition) is 2. The highest BCUT2D eigenvalue weighted by Crippen LogP contribution is 2.58. The summed E-state index contributed by atoms with van der Waals surface area (Å²) in [5.41, 5.74) is 6.22. The molecule has 2 heteroatoms. The zero-order chi connectivity index (χ0) is 8.06. The van der Waals surface area contributed by atoms with Crippen molar-refractivity contribution in [2.24, 2.45) is 17.6 Å². The molecule has 2 saturated carbocycles. The lowest BCUT2D eigenvalue weighted by molar-refractivity contribution is 0.140. The summed E-state index contributed by atoms with van der Waals surface area (Å²) in [5, 5.41) is 0. The molecule has 0 heterocycles. The van der Waals surface area contributed by atoms with Crippen LogP contribution in [0.4, 0.5) is 0 Å². The van der Waals surface area contributed by atoms with Gasteiger partial charge in [-0.3, -0.25) is 0 Å². The fraction of sp³-hybridized carbons (Fsp3) is 1.00. The van der Waals surface area contributed by atoms with Crippen LogP contribution in [0.2, 0.25) is 0 Å². The Balaban J connectivity index is 2.16. The van der Waals surface area contributed by atoms with Gasteiger partial charge in [0.1, 0.15) is 0 Å². The predicted octanol–water partition coefficient (Wildman–Crippen LogP) is 0.675. The van der Waals surface area contributed by atoms with Gasteiger partial charge in [0.05, 0.1) is 0 Å². The monoisotopic (exact) mass is 154 g/mol. The van der Waals surface area contributed by atoms with Gasteiger partial charge in [-0.1, -0.05) is 0 Å². The van der Waals surface area contributed by atoms with Gasteiger partial charge in [-0.25, -0.2) is 0 Å². The van der Waals surface area contributed by atoms with Crippen molar-refractivity contribution in [3.8, 4) is 0 Å². The molecule has 0 amide bonds. The number of likely N-dealkylation sites (N-methyl/N-ethyl adjacent to an activating group) is 1. The van der Waals surface area contributed by atoms with E-state index in [4.69, 9.17) is 5.73 Å². The van der Waals surface area contributed by atoms with Crippen LogP contribution in [0.3, 0.4) is 0 Å². The van der Waals surface area contributed by atoms with Crippen molar-refractivity contribution >= 4 is 0 Å². The van der Waals surface area contributed by atoms with Gasteiger partial charge >= 0.3 is 0 Å². The first kappa shape index (κ1) is 7.56. The van der Waals surface area contributed by atoms with Gasteiger partial charge in [-0.05, 0) is 45.2 Å². The maximum absolute atomic E-state index is 5.85. The fourth-order valence-corrected chi connectivity index (χ4v) is 2.84. The number of rotatable bonds is 2. The summed E-state index contributed by atoms with van der Waals surface area (Å²) in [6, 6.07) is 0. The number of nitrogens with two attached hydrogens (primary N) is 1. The van der Waals surface area contributed by atoms with Crippen LogP contribution in [-0.2, 0) is 0 Å². The molecule has 64 valence electrons. The second-order valence-electron chi connectivity index (χ2n) is 4.34. The molecular weight excluding hydrogens is 136 g/mol. The normalized spacial score (nSPS) is 48.0. The standard InChI is InChI=1S/C9H18N2/c1-11(2)9(6-10)4-3-7-5-8(7)9/h7-8H,3-6,10H2,1-2H3. The highest BCUT2D eigenvalue weighted by atomic mass is 15.2. The second kappa shape index (κ2) is 2.20. The van der Waals surface area contributed by atoms with Crippen molar-refractivity contribution in [2.75, 3.05) is 20.6 Å². The SMILES string of the molecule is CN(C)C1(CN)CCC2CC21.